The van der Waals surface area contributed by atoms with Gasteiger partial charge in [0.25, 0.3) is 0 Å². The number of aliphatic hydroxyl groups is 3. The predicted molar refractivity (Wildman–Crippen MR) is 257 cm³/mol. The van der Waals surface area contributed by atoms with Gasteiger partial charge >= 0.3 is 16.4 Å². The quantitative estimate of drug-likeness (QED) is 0.0199. The fraction of sp³-hybridized carbons (Fsp3) is 0.627. The molecule has 364 valence electrons. The van der Waals surface area contributed by atoms with Crippen LogP contribution in [-0.4, -0.2) is 97.5 Å². The first-order chi connectivity index (χ1) is 31.1. The third kappa shape index (κ3) is 34.2. The van der Waals surface area contributed by atoms with Gasteiger partial charge in [-0.25, -0.2) is 4.18 Å². The molecular weight excluding hydrogens is 837 g/mol. The Morgan fingerprint density at radius 2 is 1.03 bits per heavy atom. The molecule has 1 heterocycles. The standard InChI is InChI=1S/C51H82O12S/c1-3-5-7-9-11-13-15-17-19-21-23-24-26-28-30-32-34-36-38-40-47(53)61-45(44-60-51-49(55)50(63-64(56,57)58)48(54)46(42-52)62-51)43-59-41-39-37-35-33-31-29-27-25-22-20-18-16-14-12-10-8-6-4-2/h5-8,11-14,17-20,23-24,28,30,34,36,45-46,48-52,54-55H,3-4,9-10,15-16,21-22,25-27,29,31-33,35,37-44H2,1-2H3,(H,56,57,58)/b7-5-,8-6-,13-11-,14-12-,19-17-,20-18-,24-23-,30-28-,36-34-. The van der Waals surface area contributed by atoms with Gasteiger partial charge in [-0.1, -0.05) is 162 Å². The third-order valence-electron chi connectivity index (χ3n) is 9.90. The Balaban J connectivity index is 2.48. The van der Waals surface area contributed by atoms with Crippen LogP contribution in [0.25, 0.3) is 0 Å². The summed E-state index contributed by atoms with van der Waals surface area (Å²) in [6, 6.07) is 0. The van der Waals surface area contributed by atoms with Gasteiger partial charge in [0.05, 0.1) is 19.8 Å². The molecular formula is C51H82O12S. The van der Waals surface area contributed by atoms with Crippen molar-refractivity contribution < 1.29 is 56.2 Å². The van der Waals surface area contributed by atoms with E-state index in [1.807, 2.05) is 12.2 Å². The zero-order valence-electron chi connectivity index (χ0n) is 38.8. The van der Waals surface area contributed by atoms with Crippen molar-refractivity contribution in [3.8, 4) is 0 Å². The molecule has 1 fully saturated rings. The Hall–Kier alpha value is -3.24. The fourth-order valence-electron chi connectivity index (χ4n) is 6.42. The monoisotopic (exact) mass is 919 g/mol. The van der Waals surface area contributed by atoms with E-state index in [9.17, 15) is 33.1 Å². The summed E-state index contributed by atoms with van der Waals surface area (Å²) >= 11 is 0. The van der Waals surface area contributed by atoms with Crippen molar-refractivity contribution in [3.63, 3.8) is 0 Å². The van der Waals surface area contributed by atoms with Gasteiger partial charge in [-0.15, -0.1) is 0 Å². The van der Waals surface area contributed by atoms with Crippen LogP contribution >= 0.6 is 0 Å². The van der Waals surface area contributed by atoms with E-state index in [1.54, 1.807) is 0 Å². The van der Waals surface area contributed by atoms with Crippen LogP contribution < -0.4 is 0 Å². The van der Waals surface area contributed by atoms with Crippen LogP contribution in [0.1, 0.15) is 142 Å². The van der Waals surface area contributed by atoms with Crippen LogP contribution in [0.15, 0.2) is 109 Å². The molecule has 4 N–H and O–H groups in total. The van der Waals surface area contributed by atoms with Crippen molar-refractivity contribution in [2.75, 3.05) is 26.4 Å². The van der Waals surface area contributed by atoms with E-state index in [1.165, 1.54) is 25.7 Å². The molecule has 0 spiro atoms. The molecule has 0 bridgehead atoms. The summed E-state index contributed by atoms with van der Waals surface area (Å²) in [6.07, 6.45) is 48.5. The highest BCUT2D eigenvalue weighted by molar-refractivity contribution is 7.80. The van der Waals surface area contributed by atoms with E-state index < -0.39 is 59.8 Å². The summed E-state index contributed by atoms with van der Waals surface area (Å²) in [5.41, 5.74) is 0. The first kappa shape index (κ1) is 58.8. The number of carbonyl (C=O) groups excluding carboxylic acids is 1. The zero-order chi connectivity index (χ0) is 46.8. The van der Waals surface area contributed by atoms with E-state index in [0.29, 0.717) is 13.0 Å². The van der Waals surface area contributed by atoms with Gasteiger partial charge < -0.3 is 34.3 Å². The summed E-state index contributed by atoms with van der Waals surface area (Å²) in [7, 11) is -5.08. The Morgan fingerprint density at radius 3 is 1.50 bits per heavy atom. The van der Waals surface area contributed by atoms with E-state index in [4.69, 9.17) is 18.9 Å². The Morgan fingerprint density at radius 1 is 0.594 bits per heavy atom. The molecule has 1 aliphatic heterocycles. The number of unbranched alkanes of at least 4 members (excludes halogenated alkanes) is 8. The molecule has 0 aromatic carbocycles. The molecule has 0 aromatic rings. The van der Waals surface area contributed by atoms with Gasteiger partial charge in [0.1, 0.15) is 30.5 Å². The summed E-state index contributed by atoms with van der Waals surface area (Å²) in [5, 5.41) is 30.7. The summed E-state index contributed by atoms with van der Waals surface area (Å²) in [5.74, 6) is -0.489. The molecule has 6 atom stereocenters. The molecule has 64 heavy (non-hydrogen) atoms. The summed E-state index contributed by atoms with van der Waals surface area (Å²) in [6.45, 7) is 3.63. The van der Waals surface area contributed by atoms with Gasteiger partial charge in [0.15, 0.2) is 6.29 Å². The second-order valence-electron chi connectivity index (χ2n) is 15.6. The van der Waals surface area contributed by atoms with Crippen LogP contribution in [0, 0.1) is 0 Å². The predicted octanol–water partition coefficient (Wildman–Crippen LogP) is 10.4. The zero-order valence-corrected chi connectivity index (χ0v) is 39.6. The van der Waals surface area contributed by atoms with Gasteiger partial charge in [0.2, 0.25) is 0 Å². The number of carbonyl (C=O) groups is 1. The maximum absolute atomic E-state index is 12.8. The average Bonchev–Trinajstić information content (AvgIpc) is 3.27. The number of hydrogen-bond acceptors (Lipinski definition) is 11. The largest absolute Gasteiger partial charge is 0.457 e. The molecule has 0 amide bonds. The van der Waals surface area contributed by atoms with E-state index in [2.05, 4.69) is 115 Å². The molecule has 6 unspecified atom stereocenters. The lowest BCUT2D eigenvalue weighted by Crippen LogP contribution is -2.60. The topological polar surface area (TPSA) is 178 Å². The maximum Gasteiger partial charge on any atom is 0.397 e. The first-order valence-corrected chi connectivity index (χ1v) is 25.0. The van der Waals surface area contributed by atoms with Crippen molar-refractivity contribution in [3.05, 3.63) is 109 Å². The minimum Gasteiger partial charge on any atom is -0.457 e. The van der Waals surface area contributed by atoms with Gasteiger partial charge in [-0.3, -0.25) is 9.35 Å². The van der Waals surface area contributed by atoms with E-state index in [-0.39, 0.29) is 19.6 Å². The highest BCUT2D eigenvalue weighted by Crippen LogP contribution is 2.26. The Kier molecular flexibility index (Phi) is 37.8. The van der Waals surface area contributed by atoms with Crippen LogP contribution in [-0.2, 0) is 38.3 Å². The highest BCUT2D eigenvalue weighted by Gasteiger charge is 2.48. The molecule has 1 saturated heterocycles. The SMILES string of the molecule is CC/C=C\C/C=C\C/C=C\C/C=C\C/C=C\C/C=C\CCC(=O)OC(COCCCCCCCCCC/C=C\C/C=C\C/C=C\CC)COC1OC(CO)C(O)C(OS(=O)(=O)O)C1O. The number of allylic oxidation sites excluding steroid dienone is 18. The number of aliphatic hydroxyl groups excluding tert-OH is 3. The molecule has 0 aromatic heterocycles. The minimum absolute atomic E-state index is 0.00744. The van der Waals surface area contributed by atoms with Gasteiger partial charge in [-0.2, -0.15) is 8.42 Å². The van der Waals surface area contributed by atoms with Crippen LogP contribution in [0.3, 0.4) is 0 Å². The van der Waals surface area contributed by atoms with Crippen molar-refractivity contribution in [1.29, 1.82) is 0 Å². The van der Waals surface area contributed by atoms with Crippen molar-refractivity contribution in [2.24, 2.45) is 0 Å². The Bertz CT molecular complexity index is 1530. The molecule has 12 nitrogen and oxygen atoms in total. The van der Waals surface area contributed by atoms with Crippen molar-refractivity contribution in [1.82, 2.24) is 0 Å². The minimum atomic E-state index is -5.08. The van der Waals surface area contributed by atoms with Crippen LogP contribution in [0.4, 0.5) is 0 Å². The number of esters is 1. The highest BCUT2D eigenvalue weighted by atomic mass is 32.3. The second-order valence-corrected chi connectivity index (χ2v) is 16.6. The number of hydrogen-bond donors (Lipinski definition) is 4. The first-order valence-electron chi connectivity index (χ1n) is 23.6. The molecule has 0 aliphatic carbocycles. The van der Waals surface area contributed by atoms with Crippen molar-refractivity contribution >= 4 is 16.4 Å². The van der Waals surface area contributed by atoms with Crippen LogP contribution in [0.5, 0.6) is 0 Å². The lowest BCUT2D eigenvalue weighted by Gasteiger charge is -2.41. The van der Waals surface area contributed by atoms with Gasteiger partial charge in [0, 0.05) is 13.0 Å². The molecule has 1 aliphatic rings. The normalized spacial score (nSPS) is 20.8. The summed E-state index contributed by atoms with van der Waals surface area (Å²) in [4.78, 5) is 12.8. The Labute approximate surface area is 386 Å². The third-order valence-corrected chi connectivity index (χ3v) is 10.4. The number of ether oxygens (including phenoxy) is 4. The molecule has 1 rings (SSSR count). The lowest BCUT2D eigenvalue weighted by atomic mass is 9.99. The number of rotatable bonds is 39. The molecule has 13 heteroatoms. The fourth-order valence-corrected chi connectivity index (χ4v) is 6.93. The van der Waals surface area contributed by atoms with Crippen LogP contribution in [0.2, 0.25) is 0 Å². The summed E-state index contributed by atoms with van der Waals surface area (Å²) < 4.78 is 59.0. The van der Waals surface area contributed by atoms with Gasteiger partial charge in [-0.05, 0) is 83.5 Å². The lowest BCUT2D eigenvalue weighted by molar-refractivity contribution is -0.301. The molecule has 0 saturated carbocycles. The second kappa shape index (κ2) is 41.2. The molecule has 0 radical (unpaired) electrons. The average molecular weight is 919 g/mol. The maximum atomic E-state index is 12.8. The smallest absolute Gasteiger partial charge is 0.397 e. The van der Waals surface area contributed by atoms with E-state index in [0.717, 1.165) is 89.9 Å². The van der Waals surface area contributed by atoms with Crippen molar-refractivity contribution in [2.45, 2.75) is 179 Å². The van der Waals surface area contributed by atoms with E-state index >= 15 is 0 Å².